The summed E-state index contributed by atoms with van der Waals surface area (Å²) in [6.45, 7) is 10.8. The number of nitrogens with two attached hydrogens (primary N) is 1. The average Bonchev–Trinajstić information content (AvgIpc) is 2.15. The number of hydrogen-bond donors (Lipinski definition) is 3. The third-order valence-corrected chi connectivity index (χ3v) is 2.98. The molecule has 0 aliphatic heterocycles. The Bertz CT molecular complexity index is 256. The van der Waals surface area contributed by atoms with Gasteiger partial charge in [0.1, 0.15) is 6.04 Å². The van der Waals surface area contributed by atoms with E-state index in [1.54, 1.807) is 6.92 Å². The van der Waals surface area contributed by atoms with Crippen LogP contribution in [0.1, 0.15) is 34.6 Å². The van der Waals surface area contributed by atoms with E-state index in [-0.39, 0.29) is 5.91 Å². The Labute approximate surface area is 104 Å². The number of carbonyl (C=O) groups is 2. The van der Waals surface area contributed by atoms with Crippen LogP contribution in [0.25, 0.3) is 0 Å². The van der Waals surface area contributed by atoms with Crippen LogP contribution in [-0.2, 0) is 4.79 Å². The predicted octanol–water partition coefficient (Wildman–Crippen LogP) is 1.09. The molecule has 0 fully saturated rings. The molecule has 0 saturated carbocycles. The Kier molecular flexibility index (Phi) is 6.61. The number of hydrogen-bond acceptors (Lipinski definition) is 2. The van der Waals surface area contributed by atoms with Gasteiger partial charge < -0.3 is 16.4 Å². The van der Waals surface area contributed by atoms with E-state index in [0.717, 1.165) is 0 Å². The van der Waals surface area contributed by atoms with E-state index in [1.807, 2.05) is 0 Å². The zero-order chi connectivity index (χ0) is 13.6. The number of primary amides is 1. The van der Waals surface area contributed by atoms with Crippen molar-refractivity contribution in [3.05, 3.63) is 0 Å². The van der Waals surface area contributed by atoms with Crippen molar-refractivity contribution in [2.24, 2.45) is 23.5 Å². The molecule has 3 amide bonds. The van der Waals surface area contributed by atoms with Gasteiger partial charge >= 0.3 is 6.03 Å². The molecule has 0 aliphatic rings. The molecule has 0 aromatic carbocycles. The fraction of sp³-hybridized carbons (Fsp3) is 0.833. The number of amides is 3. The molecule has 0 saturated heterocycles. The van der Waals surface area contributed by atoms with Gasteiger partial charge in [0.25, 0.3) is 0 Å². The van der Waals surface area contributed by atoms with Crippen molar-refractivity contribution in [3.8, 4) is 0 Å². The molecule has 4 N–H and O–H groups in total. The quantitative estimate of drug-likeness (QED) is 0.652. The standard InChI is InChI=1S/C12H25N3O2/c1-7(2)10(8(3)4)6-14-11(16)9(5)15-12(13)17/h7-10H,6H2,1-5H3,(H,14,16)(H3,13,15,17). The monoisotopic (exact) mass is 243 g/mol. The molecule has 1 atom stereocenters. The average molecular weight is 243 g/mol. The Morgan fingerprint density at radius 3 is 1.88 bits per heavy atom. The van der Waals surface area contributed by atoms with Crippen LogP contribution in [0.3, 0.4) is 0 Å². The number of rotatable bonds is 6. The molecule has 0 bridgehead atoms. The Hall–Kier alpha value is -1.26. The fourth-order valence-corrected chi connectivity index (χ4v) is 1.89. The first-order chi connectivity index (χ1) is 7.75. The van der Waals surface area contributed by atoms with Gasteiger partial charge in [-0.05, 0) is 24.7 Å². The van der Waals surface area contributed by atoms with E-state index in [4.69, 9.17) is 5.73 Å². The van der Waals surface area contributed by atoms with Crippen LogP contribution in [0, 0.1) is 17.8 Å². The number of urea groups is 1. The summed E-state index contributed by atoms with van der Waals surface area (Å²) >= 11 is 0. The first kappa shape index (κ1) is 15.7. The molecule has 5 heteroatoms. The van der Waals surface area contributed by atoms with Crippen molar-refractivity contribution < 1.29 is 9.59 Å². The van der Waals surface area contributed by atoms with E-state index in [0.29, 0.717) is 24.3 Å². The van der Waals surface area contributed by atoms with Gasteiger partial charge in [-0.15, -0.1) is 0 Å². The second-order valence-electron chi connectivity index (χ2n) is 5.13. The Morgan fingerprint density at radius 2 is 1.53 bits per heavy atom. The second kappa shape index (κ2) is 7.14. The zero-order valence-corrected chi connectivity index (χ0v) is 11.4. The van der Waals surface area contributed by atoms with Gasteiger partial charge in [0.05, 0.1) is 0 Å². The van der Waals surface area contributed by atoms with Gasteiger partial charge in [-0.25, -0.2) is 4.79 Å². The van der Waals surface area contributed by atoms with Crippen LogP contribution < -0.4 is 16.4 Å². The molecule has 0 aromatic rings. The van der Waals surface area contributed by atoms with Crippen LogP contribution in [0.5, 0.6) is 0 Å². The molecule has 0 aliphatic carbocycles. The van der Waals surface area contributed by atoms with Crippen LogP contribution in [0.4, 0.5) is 4.79 Å². The molecular weight excluding hydrogens is 218 g/mol. The Balaban J connectivity index is 4.17. The highest BCUT2D eigenvalue weighted by atomic mass is 16.2. The van der Waals surface area contributed by atoms with Gasteiger partial charge in [0, 0.05) is 6.54 Å². The van der Waals surface area contributed by atoms with Crippen molar-refractivity contribution in [2.45, 2.75) is 40.7 Å². The summed E-state index contributed by atoms with van der Waals surface area (Å²) < 4.78 is 0. The summed E-state index contributed by atoms with van der Waals surface area (Å²) in [6, 6.07) is -1.27. The number of carbonyl (C=O) groups excluding carboxylic acids is 2. The molecular formula is C12H25N3O2. The lowest BCUT2D eigenvalue weighted by atomic mass is 9.85. The summed E-state index contributed by atoms with van der Waals surface area (Å²) in [5, 5.41) is 5.19. The summed E-state index contributed by atoms with van der Waals surface area (Å²) in [4.78, 5) is 22.2. The van der Waals surface area contributed by atoms with Crippen molar-refractivity contribution in [2.75, 3.05) is 6.54 Å². The minimum atomic E-state index is -0.683. The maximum absolute atomic E-state index is 11.6. The van der Waals surface area contributed by atoms with Gasteiger partial charge in [-0.2, -0.15) is 0 Å². The first-order valence-corrected chi connectivity index (χ1v) is 6.09. The maximum atomic E-state index is 11.6. The van der Waals surface area contributed by atoms with Crippen molar-refractivity contribution >= 4 is 11.9 Å². The molecule has 0 radical (unpaired) electrons. The zero-order valence-electron chi connectivity index (χ0n) is 11.4. The minimum absolute atomic E-state index is 0.199. The molecule has 17 heavy (non-hydrogen) atoms. The van der Waals surface area contributed by atoms with E-state index >= 15 is 0 Å². The van der Waals surface area contributed by atoms with Crippen LogP contribution in [0.2, 0.25) is 0 Å². The van der Waals surface area contributed by atoms with Crippen molar-refractivity contribution in [1.29, 1.82) is 0 Å². The maximum Gasteiger partial charge on any atom is 0.312 e. The summed E-state index contributed by atoms with van der Waals surface area (Å²) in [5.74, 6) is 1.25. The summed E-state index contributed by atoms with van der Waals surface area (Å²) in [5.41, 5.74) is 4.95. The third-order valence-electron chi connectivity index (χ3n) is 2.98. The SMILES string of the molecule is CC(NC(N)=O)C(=O)NCC(C(C)C)C(C)C. The molecule has 5 nitrogen and oxygen atoms in total. The molecule has 0 spiro atoms. The normalized spacial score (nSPS) is 12.9. The fourth-order valence-electron chi connectivity index (χ4n) is 1.89. The summed E-state index contributed by atoms with van der Waals surface area (Å²) in [7, 11) is 0. The van der Waals surface area contributed by atoms with Crippen LogP contribution in [0.15, 0.2) is 0 Å². The minimum Gasteiger partial charge on any atom is -0.354 e. The lowest BCUT2D eigenvalue weighted by molar-refractivity contribution is -0.122. The lowest BCUT2D eigenvalue weighted by Crippen LogP contribution is -2.48. The highest BCUT2D eigenvalue weighted by Crippen LogP contribution is 2.19. The van der Waals surface area contributed by atoms with Gasteiger partial charge in [-0.3, -0.25) is 4.79 Å². The van der Waals surface area contributed by atoms with E-state index in [2.05, 4.69) is 38.3 Å². The van der Waals surface area contributed by atoms with E-state index in [1.165, 1.54) is 0 Å². The highest BCUT2D eigenvalue weighted by Gasteiger charge is 2.20. The second-order valence-corrected chi connectivity index (χ2v) is 5.13. The smallest absolute Gasteiger partial charge is 0.312 e. The third kappa shape index (κ3) is 6.14. The number of nitrogens with one attached hydrogen (secondary N) is 2. The Morgan fingerprint density at radius 1 is 1.06 bits per heavy atom. The van der Waals surface area contributed by atoms with E-state index in [9.17, 15) is 9.59 Å². The molecule has 0 aromatic heterocycles. The first-order valence-electron chi connectivity index (χ1n) is 6.09. The largest absolute Gasteiger partial charge is 0.354 e. The predicted molar refractivity (Wildman–Crippen MR) is 68.4 cm³/mol. The molecule has 0 rings (SSSR count). The van der Waals surface area contributed by atoms with Gasteiger partial charge in [0.15, 0.2) is 0 Å². The molecule has 1 unspecified atom stereocenters. The van der Waals surface area contributed by atoms with E-state index < -0.39 is 12.1 Å². The molecule has 100 valence electrons. The molecule has 0 heterocycles. The highest BCUT2D eigenvalue weighted by molar-refractivity contribution is 5.86. The lowest BCUT2D eigenvalue weighted by Gasteiger charge is -2.25. The van der Waals surface area contributed by atoms with Crippen LogP contribution >= 0.6 is 0 Å². The van der Waals surface area contributed by atoms with Crippen molar-refractivity contribution in [1.82, 2.24) is 10.6 Å². The van der Waals surface area contributed by atoms with Gasteiger partial charge in [0.2, 0.25) is 5.91 Å². The van der Waals surface area contributed by atoms with Gasteiger partial charge in [-0.1, -0.05) is 27.7 Å². The topological polar surface area (TPSA) is 84.2 Å². The van der Waals surface area contributed by atoms with Crippen molar-refractivity contribution in [3.63, 3.8) is 0 Å². The summed E-state index contributed by atoms with van der Waals surface area (Å²) in [6.07, 6.45) is 0. The van der Waals surface area contributed by atoms with Crippen LogP contribution in [-0.4, -0.2) is 24.5 Å².